The number of benzene rings is 1. The fourth-order valence-corrected chi connectivity index (χ4v) is 2.64. The first-order valence-corrected chi connectivity index (χ1v) is 6.61. The average molecular weight is 305 g/mol. The minimum atomic E-state index is -0.237. The van der Waals surface area contributed by atoms with Crippen LogP contribution in [0.25, 0.3) is 0 Å². The predicted octanol–water partition coefficient (Wildman–Crippen LogP) is 3.42. The Morgan fingerprint density at radius 2 is 2.11 bits per heavy atom. The number of rotatable bonds is 4. The number of piperazine rings is 1. The van der Waals surface area contributed by atoms with Crippen molar-refractivity contribution in [2.75, 3.05) is 26.2 Å². The Balaban J connectivity index is 0.00000180. The molecule has 1 aliphatic heterocycles. The Bertz CT molecular complexity index is 420. The van der Waals surface area contributed by atoms with Crippen molar-refractivity contribution in [2.45, 2.75) is 12.5 Å². The molecular weight excluding hydrogens is 286 g/mol. The zero-order valence-electron chi connectivity index (χ0n) is 10.7. The summed E-state index contributed by atoms with van der Waals surface area (Å²) in [4.78, 5) is 2.33. The summed E-state index contributed by atoms with van der Waals surface area (Å²) >= 11 is 6.20. The number of hydrogen-bond donors (Lipinski definition) is 1. The molecule has 0 amide bonds. The smallest absolute Gasteiger partial charge is 0.123 e. The van der Waals surface area contributed by atoms with E-state index in [2.05, 4.69) is 16.8 Å². The highest BCUT2D eigenvalue weighted by molar-refractivity contribution is 6.31. The van der Waals surface area contributed by atoms with E-state index < -0.39 is 0 Å². The van der Waals surface area contributed by atoms with Crippen LogP contribution in [-0.2, 0) is 0 Å². The highest BCUT2D eigenvalue weighted by Crippen LogP contribution is 2.31. The molecule has 0 radical (unpaired) electrons. The van der Waals surface area contributed by atoms with Gasteiger partial charge in [-0.25, -0.2) is 4.39 Å². The van der Waals surface area contributed by atoms with E-state index in [9.17, 15) is 4.39 Å². The molecule has 0 saturated carbocycles. The molecule has 106 valence electrons. The summed E-state index contributed by atoms with van der Waals surface area (Å²) < 4.78 is 13.4. The lowest BCUT2D eigenvalue weighted by Crippen LogP contribution is -2.45. The summed E-state index contributed by atoms with van der Waals surface area (Å²) in [6, 6.07) is 4.69. The second-order valence-electron chi connectivity index (χ2n) is 4.49. The molecule has 2 rings (SSSR count). The van der Waals surface area contributed by atoms with Gasteiger partial charge in [0, 0.05) is 37.2 Å². The largest absolute Gasteiger partial charge is 0.314 e. The Morgan fingerprint density at radius 3 is 2.74 bits per heavy atom. The molecule has 0 unspecified atom stereocenters. The topological polar surface area (TPSA) is 15.3 Å². The molecule has 5 heteroatoms. The van der Waals surface area contributed by atoms with Crippen LogP contribution >= 0.6 is 24.0 Å². The SMILES string of the molecule is C=CC[C@H](c1cc(F)ccc1Cl)N1CCNCC1.Cl. The van der Waals surface area contributed by atoms with Gasteiger partial charge in [-0.05, 0) is 30.2 Å². The summed E-state index contributed by atoms with van der Waals surface area (Å²) in [5, 5.41) is 3.94. The van der Waals surface area contributed by atoms with Crippen LogP contribution in [0.3, 0.4) is 0 Å². The van der Waals surface area contributed by atoms with E-state index in [0.29, 0.717) is 5.02 Å². The van der Waals surface area contributed by atoms with Gasteiger partial charge in [-0.15, -0.1) is 19.0 Å². The molecule has 1 aromatic rings. The molecule has 0 spiro atoms. The van der Waals surface area contributed by atoms with Crippen LogP contribution in [0.2, 0.25) is 5.02 Å². The van der Waals surface area contributed by atoms with E-state index in [1.165, 1.54) is 6.07 Å². The van der Waals surface area contributed by atoms with Crippen molar-refractivity contribution in [3.05, 3.63) is 47.3 Å². The van der Waals surface area contributed by atoms with Gasteiger partial charge in [-0.3, -0.25) is 4.90 Å². The van der Waals surface area contributed by atoms with Gasteiger partial charge in [-0.1, -0.05) is 17.7 Å². The first-order chi connectivity index (χ1) is 8.72. The summed E-state index contributed by atoms with van der Waals surface area (Å²) in [5.41, 5.74) is 0.860. The lowest BCUT2D eigenvalue weighted by molar-refractivity contribution is 0.174. The van der Waals surface area contributed by atoms with Gasteiger partial charge in [0.2, 0.25) is 0 Å². The van der Waals surface area contributed by atoms with Crippen molar-refractivity contribution >= 4 is 24.0 Å². The average Bonchev–Trinajstić information content (AvgIpc) is 2.40. The molecule has 19 heavy (non-hydrogen) atoms. The van der Waals surface area contributed by atoms with Crippen molar-refractivity contribution in [1.29, 1.82) is 0 Å². The van der Waals surface area contributed by atoms with Crippen LogP contribution in [0.15, 0.2) is 30.9 Å². The van der Waals surface area contributed by atoms with E-state index in [1.54, 1.807) is 12.1 Å². The number of halogens is 3. The van der Waals surface area contributed by atoms with Crippen molar-refractivity contribution in [2.24, 2.45) is 0 Å². The molecule has 1 atom stereocenters. The third-order valence-corrected chi connectivity index (χ3v) is 3.64. The van der Waals surface area contributed by atoms with E-state index in [-0.39, 0.29) is 24.3 Å². The van der Waals surface area contributed by atoms with Crippen LogP contribution in [0.4, 0.5) is 4.39 Å². The number of nitrogens with one attached hydrogen (secondary N) is 1. The number of nitrogens with zero attached hydrogens (tertiary/aromatic N) is 1. The zero-order valence-corrected chi connectivity index (χ0v) is 12.3. The van der Waals surface area contributed by atoms with Crippen LogP contribution in [-0.4, -0.2) is 31.1 Å². The van der Waals surface area contributed by atoms with E-state index in [1.807, 2.05) is 6.08 Å². The molecule has 1 aliphatic rings. The van der Waals surface area contributed by atoms with Crippen LogP contribution in [0, 0.1) is 5.82 Å². The molecule has 1 fully saturated rings. The van der Waals surface area contributed by atoms with Crippen molar-refractivity contribution in [1.82, 2.24) is 10.2 Å². The van der Waals surface area contributed by atoms with Crippen molar-refractivity contribution in [3.8, 4) is 0 Å². The van der Waals surface area contributed by atoms with Gasteiger partial charge in [-0.2, -0.15) is 0 Å². The van der Waals surface area contributed by atoms with Crippen LogP contribution in [0.5, 0.6) is 0 Å². The molecule has 1 saturated heterocycles. The minimum absolute atomic E-state index is 0. The maximum atomic E-state index is 13.4. The Labute approximate surface area is 125 Å². The third kappa shape index (κ3) is 4.18. The lowest BCUT2D eigenvalue weighted by Gasteiger charge is -2.35. The summed E-state index contributed by atoms with van der Waals surface area (Å²) in [7, 11) is 0. The highest BCUT2D eigenvalue weighted by atomic mass is 35.5. The fraction of sp³-hybridized carbons (Fsp3) is 0.429. The first kappa shape index (κ1) is 16.4. The second-order valence-corrected chi connectivity index (χ2v) is 4.90. The van der Waals surface area contributed by atoms with Gasteiger partial charge in [0.15, 0.2) is 0 Å². The van der Waals surface area contributed by atoms with E-state index >= 15 is 0 Å². The van der Waals surface area contributed by atoms with Crippen LogP contribution < -0.4 is 5.32 Å². The van der Waals surface area contributed by atoms with Crippen LogP contribution in [0.1, 0.15) is 18.0 Å². The van der Waals surface area contributed by atoms with Gasteiger partial charge in [0.1, 0.15) is 5.82 Å². The quantitative estimate of drug-likeness (QED) is 0.858. The highest BCUT2D eigenvalue weighted by Gasteiger charge is 2.23. The summed E-state index contributed by atoms with van der Waals surface area (Å²) in [5.74, 6) is -0.237. The first-order valence-electron chi connectivity index (χ1n) is 6.23. The molecule has 0 aromatic heterocycles. The summed E-state index contributed by atoms with van der Waals surface area (Å²) in [6.45, 7) is 7.61. The maximum Gasteiger partial charge on any atom is 0.123 e. The zero-order chi connectivity index (χ0) is 13.0. The standard InChI is InChI=1S/C14H18ClFN2.ClH/c1-2-3-14(18-8-6-17-7-9-18)12-10-11(16)4-5-13(12)15;/h2,4-5,10,14,17H,1,3,6-9H2;1H/t14-;/m1./s1. The van der Waals surface area contributed by atoms with Gasteiger partial charge in [0.25, 0.3) is 0 Å². The molecule has 1 heterocycles. The van der Waals surface area contributed by atoms with E-state index in [4.69, 9.17) is 11.6 Å². The van der Waals surface area contributed by atoms with Crippen molar-refractivity contribution in [3.63, 3.8) is 0 Å². The van der Waals surface area contributed by atoms with Crippen molar-refractivity contribution < 1.29 is 4.39 Å². The van der Waals surface area contributed by atoms with Gasteiger partial charge < -0.3 is 5.32 Å². The molecule has 0 bridgehead atoms. The Hall–Kier alpha value is -0.610. The molecule has 1 aromatic carbocycles. The lowest BCUT2D eigenvalue weighted by atomic mass is 10.0. The maximum absolute atomic E-state index is 13.4. The second kappa shape index (κ2) is 7.85. The monoisotopic (exact) mass is 304 g/mol. The fourth-order valence-electron chi connectivity index (χ4n) is 2.39. The molecule has 1 N–H and O–H groups in total. The normalized spacial score (nSPS) is 17.6. The summed E-state index contributed by atoms with van der Waals surface area (Å²) in [6.07, 6.45) is 2.65. The van der Waals surface area contributed by atoms with Gasteiger partial charge >= 0.3 is 0 Å². The third-order valence-electron chi connectivity index (χ3n) is 3.30. The Kier molecular flexibility index (Phi) is 6.80. The molecular formula is C14H19Cl2FN2. The number of hydrogen-bond acceptors (Lipinski definition) is 2. The molecule has 0 aliphatic carbocycles. The minimum Gasteiger partial charge on any atom is -0.314 e. The van der Waals surface area contributed by atoms with E-state index in [0.717, 1.165) is 38.2 Å². The molecule has 2 nitrogen and oxygen atoms in total. The van der Waals surface area contributed by atoms with Gasteiger partial charge in [0.05, 0.1) is 0 Å². The Morgan fingerprint density at radius 1 is 1.42 bits per heavy atom. The predicted molar refractivity (Wildman–Crippen MR) is 80.7 cm³/mol.